The highest BCUT2D eigenvalue weighted by molar-refractivity contribution is 5.97. The minimum atomic E-state index is -0.454. The SMILES string of the molecule is CC(C)(C)C(=O)Nc1cc2cccc(N)c2o1. The van der Waals surface area contributed by atoms with Crippen LogP contribution in [0.5, 0.6) is 0 Å². The Hall–Kier alpha value is -1.97. The number of nitrogens with one attached hydrogen (secondary N) is 1. The predicted molar refractivity (Wildman–Crippen MR) is 68.7 cm³/mol. The molecule has 0 aliphatic carbocycles. The Morgan fingerprint density at radius 1 is 1.35 bits per heavy atom. The molecule has 1 aromatic carbocycles. The fourth-order valence-electron chi connectivity index (χ4n) is 1.45. The number of rotatable bonds is 1. The van der Waals surface area contributed by atoms with Crippen molar-refractivity contribution in [2.45, 2.75) is 20.8 Å². The molecule has 3 N–H and O–H groups in total. The van der Waals surface area contributed by atoms with Crippen LogP contribution in [0.15, 0.2) is 28.7 Å². The summed E-state index contributed by atoms with van der Waals surface area (Å²) in [6, 6.07) is 7.28. The maximum atomic E-state index is 11.8. The van der Waals surface area contributed by atoms with Gasteiger partial charge in [-0.1, -0.05) is 32.9 Å². The minimum Gasteiger partial charge on any atom is -0.438 e. The number of amides is 1. The summed E-state index contributed by atoms with van der Waals surface area (Å²) in [6.07, 6.45) is 0. The summed E-state index contributed by atoms with van der Waals surface area (Å²) in [7, 11) is 0. The van der Waals surface area contributed by atoms with Crippen molar-refractivity contribution in [2.75, 3.05) is 11.1 Å². The second-order valence-electron chi connectivity index (χ2n) is 5.08. The molecule has 0 atom stereocenters. The van der Waals surface area contributed by atoms with Gasteiger partial charge in [-0.25, -0.2) is 0 Å². The number of carbonyl (C=O) groups is 1. The van der Waals surface area contributed by atoms with Gasteiger partial charge in [0, 0.05) is 16.9 Å². The van der Waals surface area contributed by atoms with Crippen molar-refractivity contribution in [3.63, 3.8) is 0 Å². The van der Waals surface area contributed by atoms with Gasteiger partial charge in [0.05, 0.1) is 5.69 Å². The summed E-state index contributed by atoms with van der Waals surface area (Å²) in [4.78, 5) is 11.8. The Kier molecular flexibility index (Phi) is 2.58. The van der Waals surface area contributed by atoms with Gasteiger partial charge in [0.25, 0.3) is 0 Å². The van der Waals surface area contributed by atoms with Crippen molar-refractivity contribution in [1.29, 1.82) is 0 Å². The summed E-state index contributed by atoms with van der Waals surface area (Å²) in [5.74, 6) is 0.341. The molecule has 0 spiro atoms. The van der Waals surface area contributed by atoms with Crippen molar-refractivity contribution >= 4 is 28.4 Å². The third-order valence-electron chi connectivity index (χ3n) is 2.49. The predicted octanol–water partition coefficient (Wildman–Crippen LogP) is 3.00. The molecular formula is C13H16N2O2. The van der Waals surface area contributed by atoms with E-state index in [2.05, 4.69) is 5.32 Å². The maximum absolute atomic E-state index is 11.8. The van der Waals surface area contributed by atoms with Crippen LogP contribution in [-0.2, 0) is 4.79 Å². The van der Waals surface area contributed by atoms with Crippen LogP contribution in [0.25, 0.3) is 11.0 Å². The van der Waals surface area contributed by atoms with Crippen LogP contribution >= 0.6 is 0 Å². The first-order valence-corrected chi connectivity index (χ1v) is 5.47. The lowest BCUT2D eigenvalue weighted by molar-refractivity contribution is -0.123. The average Bonchev–Trinajstić information content (AvgIpc) is 2.60. The van der Waals surface area contributed by atoms with Crippen molar-refractivity contribution in [3.8, 4) is 0 Å². The van der Waals surface area contributed by atoms with Gasteiger partial charge in [-0.3, -0.25) is 10.1 Å². The molecule has 0 saturated heterocycles. The van der Waals surface area contributed by atoms with Crippen molar-refractivity contribution in [2.24, 2.45) is 5.41 Å². The van der Waals surface area contributed by atoms with E-state index in [-0.39, 0.29) is 5.91 Å². The fraction of sp³-hybridized carbons (Fsp3) is 0.308. The van der Waals surface area contributed by atoms with Gasteiger partial charge < -0.3 is 10.2 Å². The van der Waals surface area contributed by atoms with E-state index in [1.165, 1.54) is 0 Å². The van der Waals surface area contributed by atoms with E-state index in [4.69, 9.17) is 10.2 Å². The molecule has 4 nitrogen and oxygen atoms in total. The number of fused-ring (bicyclic) bond motifs is 1. The van der Waals surface area contributed by atoms with E-state index in [0.29, 0.717) is 17.2 Å². The van der Waals surface area contributed by atoms with E-state index in [1.54, 1.807) is 12.1 Å². The third kappa shape index (κ3) is 2.25. The molecule has 0 radical (unpaired) electrons. The molecule has 17 heavy (non-hydrogen) atoms. The molecule has 0 bridgehead atoms. The number of para-hydroxylation sites is 1. The molecule has 0 unspecified atom stereocenters. The second-order valence-corrected chi connectivity index (χ2v) is 5.08. The molecule has 2 aromatic rings. The van der Waals surface area contributed by atoms with E-state index < -0.39 is 5.41 Å². The van der Waals surface area contributed by atoms with Crippen molar-refractivity contribution in [3.05, 3.63) is 24.3 Å². The van der Waals surface area contributed by atoms with Gasteiger partial charge in [0.2, 0.25) is 11.8 Å². The van der Waals surface area contributed by atoms with Crippen LogP contribution in [0.3, 0.4) is 0 Å². The summed E-state index contributed by atoms with van der Waals surface area (Å²) >= 11 is 0. The molecule has 90 valence electrons. The Labute approximate surface area is 99.8 Å². The topological polar surface area (TPSA) is 68.3 Å². The molecule has 1 amide bonds. The van der Waals surface area contributed by atoms with Crippen LogP contribution < -0.4 is 11.1 Å². The highest BCUT2D eigenvalue weighted by Crippen LogP contribution is 2.28. The first kappa shape index (κ1) is 11.5. The van der Waals surface area contributed by atoms with Crippen molar-refractivity contribution in [1.82, 2.24) is 0 Å². The van der Waals surface area contributed by atoms with Gasteiger partial charge in [0.15, 0.2) is 5.58 Å². The molecule has 2 rings (SSSR count). The van der Waals surface area contributed by atoms with Gasteiger partial charge in [-0.05, 0) is 6.07 Å². The molecule has 0 saturated carbocycles. The van der Waals surface area contributed by atoms with Crippen LogP contribution in [0.2, 0.25) is 0 Å². The smallest absolute Gasteiger partial charge is 0.232 e. The number of carbonyl (C=O) groups excluding carboxylic acids is 1. The first-order valence-electron chi connectivity index (χ1n) is 5.47. The highest BCUT2D eigenvalue weighted by atomic mass is 16.4. The standard InChI is InChI=1S/C13H16N2O2/c1-13(2,3)12(16)15-10-7-8-5-4-6-9(14)11(8)17-10/h4-7H,14H2,1-3H3,(H,15,16). The quantitative estimate of drug-likeness (QED) is 0.742. The largest absolute Gasteiger partial charge is 0.438 e. The molecule has 0 aliphatic rings. The van der Waals surface area contributed by atoms with E-state index in [9.17, 15) is 4.79 Å². The number of benzene rings is 1. The molecule has 4 heteroatoms. The van der Waals surface area contributed by atoms with Gasteiger partial charge >= 0.3 is 0 Å². The van der Waals surface area contributed by atoms with Crippen LogP contribution in [0.4, 0.5) is 11.6 Å². The van der Waals surface area contributed by atoms with Crippen LogP contribution in [0.1, 0.15) is 20.8 Å². The lowest BCUT2D eigenvalue weighted by atomic mass is 9.96. The normalized spacial score (nSPS) is 11.7. The van der Waals surface area contributed by atoms with Gasteiger partial charge in [-0.2, -0.15) is 0 Å². The minimum absolute atomic E-state index is 0.0878. The van der Waals surface area contributed by atoms with E-state index in [1.807, 2.05) is 32.9 Å². The summed E-state index contributed by atoms with van der Waals surface area (Å²) in [5, 5.41) is 3.62. The van der Waals surface area contributed by atoms with Crippen LogP contribution in [-0.4, -0.2) is 5.91 Å². The molecular weight excluding hydrogens is 216 g/mol. The lowest BCUT2D eigenvalue weighted by Crippen LogP contribution is -2.27. The Morgan fingerprint density at radius 3 is 2.65 bits per heavy atom. The van der Waals surface area contributed by atoms with E-state index >= 15 is 0 Å². The van der Waals surface area contributed by atoms with E-state index in [0.717, 1.165) is 5.39 Å². The monoisotopic (exact) mass is 232 g/mol. The zero-order chi connectivity index (χ0) is 12.6. The molecule has 0 aliphatic heterocycles. The average molecular weight is 232 g/mol. The number of anilines is 2. The summed E-state index contributed by atoms with van der Waals surface area (Å²) < 4.78 is 5.51. The fourth-order valence-corrected chi connectivity index (χ4v) is 1.45. The Bertz CT molecular complexity index is 564. The summed E-state index contributed by atoms with van der Waals surface area (Å²) in [6.45, 7) is 5.54. The maximum Gasteiger partial charge on any atom is 0.232 e. The van der Waals surface area contributed by atoms with Crippen LogP contribution in [0, 0.1) is 5.41 Å². The number of hydrogen-bond acceptors (Lipinski definition) is 3. The second kappa shape index (κ2) is 3.80. The number of hydrogen-bond donors (Lipinski definition) is 2. The third-order valence-corrected chi connectivity index (χ3v) is 2.49. The number of nitrogens with two attached hydrogens (primary N) is 1. The Morgan fingerprint density at radius 2 is 2.06 bits per heavy atom. The zero-order valence-corrected chi connectivity index (χ0v) is 10.2. The highest BCUT2D eigenvalue weighted by Gasteiger charge is 2.22. The number of nitrogen functional groups attached to an aromatic ring is 1. The summed E-state index contributed by atoms with van der Waals surface area (Å²) in [5.41, 5.74) is 6.50. The van der Waals surface area contributed by atoms with Gasteiger partial charge in [0.1, 0.15) is 0 Å². The Balaban J connectivity index is 2.32. The van der Waals surface area contributed by atoms with Crippen molar-refractivity contribution < 1.29 is 9.21 Å². The molecule has 0 fully saturated rings. The molecule has 1 heterocycles. The van der Waals surface area contributed by atoms with Gasteiger partial charge in [-0.15, -0.1) is 0 Å². The molecule has 1 aromatic heterocycles. The first-order chi connectivity index (χ1) is 7.88. The zero-order valence-electron chi connectivity index (χ0n) is 10.2. The number of furan rings is 1. The lowest BCUT2D eigenvalue weighted by Gasteiger charge is -2.15.